The molecule has 31 heavy (non-hydrogen) atoms. The first kappa shape index (κ1) is 22.7. The minimum absolute atomic E-state index is 0.0934. The highest BCUT2D eigenvalue weighted by Gasteiger charge is 2.25. The molecule has 166 valence electrons. The van der Waals surface area contributed by atoms with E-state index < -0.39 is 6.10 Å². The molecule has 3 rings (SSSR count). The summed E-state index contributed by atoms with van der Waals surface area (Å²) in [7, 11) is 0. The number of phenols is 1. The lowest BCUT2D eigenvalue weighted by Gasteiger charge is -2.28. The van der Waals surface area contributed by atoms with Gasteiger partial charge in [-0.3, -0.25) is 14.6 Å². The molecule has 0 radical (unpaired) electrons. The van der Waals surface area contributed by atoms with Gasteiger partial charge in [0.1, 0.15) is 11.4 Å². The Hall–Kier alpha value is -2.93. The molecule has 2 amide bonds. The number of phenolic OH excluding ortho intramolecular Hbond substituents is 1. The van der Waals surface area contributed by atoms with Crippen molar-refractivity contribution in [3.8, 4) is 5.75 Å². The lowest BCUT2D eigenvalue weighted by atomic mass is 9.85. The van der Waals surface area contributed by atoms with Gasteiger partial charge in [-0.25, -0.2) is 0 Å². The summed E-state index contributed by atoms with van der Waals surface area (Å²) >= 11 is 0. The third-order valence-corrected chi connectivity index (χ3v) is 5.56. The second-order valence-electron chi connectivity index (χ2n) is 9.19. The number of aliphatic hydroxyl groups excluding tert-OH is 1. The van der Waals surface area contributed by atoms with Crippen LogP contribution in [0.4, 0.5) is 5.69 Å². The molecule has 1 aliphatic rings. The lowest BCUT2D eigenvalue weighted by molar-refractivity contribution is -0.115. The molecule has 0 unspecified atom stereocenters. The van der Waals surface area contributed by atoms with Gasteiger partial charge in [-0.15, -0.1) is 0 Å². The first-order chi connectivity index (χ1) is 14.6. The van der Waals surface area contributed by atoms with Crippen LogP contribution in [-0.4, -0.2) is 39.2 Å². The highest BCUT2D eigenvalue weighted by atomic mass is 16.3. The molecular weight excluding hydrogens is 394 g/mol. The van der Waals surface area contributed by atoms with Gasteiger partial charge in [0.05, 0.1) is 18.6 Å². The molecule has 7 heteroatoms. The van der Waals surface area contributed by atoms with Crippen molar-refractivity contribution in [3.63, 3.8) is 0 Å². The standard InChI is InChI=1S/C24H31N3O4/c1-24(2,3)17-9-8-15(12-21(17)29)13-22(30)26-16-10-11-25-19(14-16)23(31)27-18-6-4-5-7-20(18)28/h8-12,14,18,20,28-29H,4-7,13H2,1-3H3,(H,27,31)(H,25,26,30)/t18-,20-/m0/s1. The largest absolute Gasteiger partial charge is 0.508 e. The minimum Gasteiger partial charge on any atom is -0.508 e. The Morgan fingerprint density at radius 3 is 2.55 bits per heavy atom. The molecule has 7 nitrogen and oxygen atoms in total. The van der Waals surface area contributed by atoms with Gasteiger partial charge in [-0.1, -0.05) is 45.7 Å². The molecule has 1 aromatic carbocycles. The summed E-state index contributed by atoms with van der Waals surface area (Å²) in [6, 6.07) is 8.14. The maximum absolute atomic E-state index is 12.5. The predicted molar refractivity (Wildman–Crippen MR) is 119 cm³/mol. The van der Waals surface area contributed by atoms with E-state index >= 15 is 0 Å². The average Bonchev–Trinajstić information content (AvgIpc) is 2.69. The van der Waals surface area contributed by atoms with Crippen LogP contribution in [0.2, 0.25) is 0 Å². The number of anilines is 1. The molecule has 2 aromatic rings. The van der Waals surface area contributed by atoms with E-state index in [1.807, 2.05) is 32.9 Å². The van der Waals surface area contributed by atoms with Crippen molar-refractivity contribution in [2.75, 3.05) is 5.32 Å². The number of aliphatic hydroxyl groups is 1. The summed E-state index contributed by atoms with van der Waals surface area (Å²) in [5, 5.41) is 25.9. The van der Waals surface area contributed by atoms with Crippen LogP contribution in [0.3, 0.4) is 0 Å². The van der Waals surface area contributed by atoms with Gasteiger partial charge in [0.25, 0.3) is 5.91 Å². The summed E-state index contributed by atoms with van der Waals surface area (Å²) in [5.41, 5.74) is 1.98. The quantitative estimate of drug-likeness (QED) is 0.587. The number of aromatic nitrogens is 1. The summed E-state index contributed by atoms with van der Waals surface area (Å²) in [5.74, 6) is -0.460. The Kier molecular flexibility index (Phi) is 6.95. The van der Waals surface area contributed by atoms with Gasteiger partial charge in [0.15, 0.2) is 0 Å². The fourth-order valence-corrected chi connectivity index (χ4v) is 3.87. The highest BCUT2D eigenvalue weighted by molar-refractivity contribution is 5.96. The Balaban J connectivity index is 1.62. The van der Waals surface area contributed by atoms with Gasteiger partial charge >= 0.3 is 0 Å². The molecule has 1 fully saturated rings. The van der Waals surface area contributed by atoms with E-state index in [0.29, 0.717) is 17.7 Å². The molecule has 0 spiro atoms. The number of amides is 2. The van der Waals surface area contributed by atoms with E-state index in [-0.39, 0.29) is 41.1 Å². The first-order valence-corrected chi connectivity index (χ1v) is 10.7. The first-order valence-electron chi connectivity index (χ1n) is 10.7. The molecule has 2 atom stereocenters. The lowest BCUT2D eigenvalue weighted by Crippen LogP contribution is -2.45. The topological polar surface area (TPSA) is 112 Å². The van der Waals surface area contributed by atoms with E-state index in [1.54, 1.807) is 12.1 Å². The third kappa shape index (κ3) is 6.04. The van der Waals surface area contributed by atoms with Crippen molar-refractivity contribution >= 4 is 17.5 Å². The van der Waals surface area contributed by atoms with Crippen molar-refractivity contribution in [2.24, 2.45) is 0 Å². The van der Waals surface area contributed by atoms with E-state index in [1.165, 1.54) is 12.3 Å². The number of hydrogen-bond acceptors (Lipinski definition) is 5. The van der Waals surface area contributed by atoms with Gasteiger partial charge in [-0.2, -0.15) is 0 Å². The van der Waals surface area contributed by atoms with Crippen LogP contribution in [0.5, 0.6) is 5.75 Å². The normalized spacial score (nSPS) is 19.0. The second kappa shape index (κ2) is 9.47. The predicted octanol–water partition coefficient (Wildman–Crippen LogP) is 3.30. The number of pyridine rings is 1. The fourth-order valence-electron chi connectivity index (χ4n) is 3.87. The summed E-state index contributed by atoms with van der Waals surface area (Å²) in [6.45, 7) is 6.04. The monoisotopic (exact) mass is 425 g/mol. The second-order valence-corrected chi connectivity index (χ2v) is 9.19. The minimum atomic E-state index is -0.540. The van der Waals surface area contributed by atoms with Gasteiger partial charge < -0.3 is 20.8 Å². The molecule has 1 aliphatic carbocycles. The molecule has 1 saturated carbocycles. The number of nitrogens with one attached hydrogen (secondary N) is 2. The summed E-state index contributed by atoms with van der Waals surface area (Å²) < 4.78 is 0. The van der Waals surface area contributed by atoms with Crippen LogP contribution in [0, 0.1) is 0 Å². The van der Waals surface area contributed by atoms with Crippen molar-refractivity contribution < 1.29 is 19.8 Å². The van der Waals surface area contributed by atoms with E-state index in [2.05, 4.69) is 15.6 Å². The van der Waals surface area contributed by atoms with Crippen molar-refractivity contribution in [1.29, 1.82) is 0 Å². The van der Waals surface area contributed by atoms with E-state index in [4.69, 9.17) is 0 Å². The molecule has 0 bridgehead atoms. The maximum Gasteiger partial charge on any atom is 0.270 e. The molecule has 1 heterocycles. The summed E-state index contributed by atoms with van der Waals surface area (Å²) in [4.78, 5) is 29.1. The smallest absolute Gasteiger partial charge is 0.270 e. The van der Waals surface area contributed by atoms with Crippen LogP contribution in [0.15, 0.2) is 36.5 Å². The van der Waals surface area contributed by atoms with E-state index in [9.17, 15) is 19.8 Å². The Labute approximate surface area is 182 Å². The van der Waals surface area contributed by atoms with Crippen molar-refractivity contribution in [1.82, 2.24) is 10.3 Å². The number of aromatic hydroxyl groups is 1. The summed E-state index contributed by atoms with van der Waals surface area (Å²) in [6.07, 6.45) is 4.37. The van der Waals surface area contributed by atoms with Gasteiger partial charge in [-0.05, 0) is 47.6 Å². The van der Waals surface area contributed by atoms with Crippen LogP contribution in [0.1, 0.15) is 68.1 Å². The van der Waals surface area contributed by atoms with Crippen molar-refractivity contribution in [3.05, 3.63) is 53.3 Å². The molecule has 4 N–H and O–H groups in total. The zero-order chi connectivity index (χ0) is 22.6. The maximum atomic E-state index is 12.5. The Morgan fingerprint density at radius 2 is 1.87 bits per heavy atom. The Morgan fingerprint density at radius 1 is 1.13 bits per heavy atom. The number of carbonyl (C=O) groups excluding carboxylic acids is 2. The Bertz CT molecular complexity index is 952. The third-order valence-electron chi connectivity index (χ3n) is 5.56. The zero-order valence-corrected chi connectivity index (χ0v) is 18.3. The van der Waals surface area contributed by atoms with Crippen LogP contribution in [-0.2, 0) is 16.6 Å². The highest BCUT2D eigenvalue weighted by Crippen LogP contribution is 2.31. The number of rotatable bonds is 5. The molecule has 0 aliphatic heterocycles. The number of benzene rings is 1. The number of hydrogen-bond donors (Lipinski definition) is 4. The number of nitrogens with zero attached hydrogens (tertiary/aromatic N) is 1. The molecule has 0 saturated heterocycles. The van der Waals surface area contributed by atoms with Crippen LogP contribution < -0.4 is 10.6 Å². The molecular formula is C24H31N3O4. The van der Waals surface area contributed by atoms with Crippen LogP contribution in [0.25, 0.3) is 0 Å². The van der Waals surface area contributed by atoms with Gasteiger partial charge in [0, 0.05) is 11.9 Å². The fraction of sp³-hybridized carbons (Fsp3) is 0.458. The zero-order valence-electron chi connectivity index (χ0n) is 18.3. The van der Waals surface area contributed by atoms with Crippen LogP contribution >= 0.6 is 0 Å². The van der Waals surface area contributed by atoms with Gasteiger partial charge in [0.2, 0.25) is 5.91 Å². The number of carbonyl (C=O) groups is 2. The average molecular weight is 426 g/mol. The van der Waals surface area contributed by atoms with E-state index in [0.717, 1.165) is 24.8 Å². The van der Waals surface area contributed by atoms with Crippen molar-refractivity contribution in [2.45, 2.75) is 70.4 Å². The SMILES string of the molecule is CC(C)(C)c1ccc(CC(=O)Nc2ccnc(C(=O)N[C@H]3CCCC[C@@H]3O)c2)cc1O. The molecule has 1 aromatic heterocycles.